The fourth-order valence-corrected chi connectivity index (χ4v) is 2.63. The van der Waals surface area contributed by atoms with Crippen LogP contribution in [0.25, 0.3) is 11.3 Å². The second kappa shape index (κ2) is 6.99. The predicted molar refractivity (Wildman–Crippen MR) is 87.7 cm³/mol. The number of aromatic nitrogens is 2. The lowest BCUT2D eigenvalue weighted by Gasteiger charge is -2.25. The molecule has 116 valence electrons. The monoisotopic (exact) mass is 297 g/mol. The average Bonchev–Trinajstić information content (AvgIpc) is 2.56. The van der Waals surface area contributed by atoms with E-state index in [4.69, 9.17) is 4.74 Å². The van der Waals surface area contributed by atoms with Crippen molar-refractivity contribution in [3.63, 3.8) is 0 Å². The maximum Gasteiger partial charge on any atom is 0.0885 e. The van der Waals surface area contributed by atoms with Gasteiger partial charge in [0.1, 0.15) is 0 Å². The van der Waals surface area contributed by atoms with Crippen LogP contribution in [0.1, 0.15) is 31.0 Å². The van der Waals surface area contributed by atoms with E-state index in [2.05, 4.69) is 53.0 Å². The van der Waals surface area contributed by atoms with Gasteiger partial charge in [-0.2, -0.15) is 0 Å². The molecule has 4 nitrogen and oxygen atoms in total. The quantitative estimate of drug-likeness (QED) is 0.869. The molecular formula is C18H23N3O. The van der Waals surface area contributed by atoms with Crippen LogP contribution in [-0.2, 0) is 11.3 Å². The van der Waals surface area contributed by atoms with Crippen molar-refractivity contribution >= 4 is 0 Å². The average molecular weight is 297 g/mol. The summed E-state index contributed by atoms with van der Waals surface area (Å²) in [6, 6.07) is 8.55. The van der Waals surface area contributed by atoms with E-state index in [-0.39, 0.29) is 0 Å². The Kier molecular flexibility index (Phi) is 4.80. The Morgan fingerprint density at radius 2 is 1.95 bits per heavy atom. The van der Waals surface area contributed by atoms with Gasteiger partial charge in [-0.1, -0.05) is 32.0 Å². The van der Waals surface area contributed by atoms with E-state index in [1.54, 1.807) is 0 Å². The lowest BCUT2D eigenvalue weighted by molar-refractivity contribution is 0.0336. The molecule has 0 aliphatic carbocycles. The molecule has 1 aromatic carbocycles. The molecule has 0 saturated carbocycles. The Balaban J connectivity index is 1.72. The highest BCUT2D eigenvalue weighted by Crippen LogP contribution is 2.22. The first kappa shape index (κ1) is 15.1. The molecule has 1 fully saturated rings. The summed E-state index contributed by atoms with van der Waals surface area (Å²) in [5.41, 5.74) is 4.42. The number of morpholine rings is 1. The largest absolute Gasteiger partial charge is 0.379 e. The third-order valence-electron chi connectivity index (χ3n) is 4.04. The molecule has 3 rings (SSSR count). The fourth-order valence-electron chi connectivity index (χ4n) is 2.63. The predicted octanol–water partition coefficient (Wildman–Crippen LogP) is 3.10. The molecule has 0 amide bonds. The Labute approximate surface area is 132 Å². The van der Waals surface area contributed by atoms with E-state index in [0.717, 1.165) is 49.8 Å². The molecule has 2 aromatic rings. The Hall–Kier alpha value is -1.78. The number of hydrogen-bond donors (Lipinski definition) is 0. The first-order chi connectivity index (χ1) is 10.7. The fraction of sp³-hybridized carbons (Fsp3) is 0.444. The summed E-state index contributed by atoms with van der Waals surface area (Å²) < 4.78 is 5.37. The summed E-state index contributed by atoms with van der Waals surface area (Å²) >= 11 is 0. The lowest BCUT2D eigenvalue weighted by atomic mass is 10.00. The van der Waals surface area contributed by atoms with Crippen LogP contribution in [0.5, 0.6) is 0 Å². The van der Waals surface area contributed by atoms with Gasteiger partial charge in [0.05, 0.1) is 37.0 Å². The highest BCUT2D eigenvalue weighted by molar-refractivity contribution is 5.59. The van der Waals surface area contributed by atoms with E-state index in [0.29, 0.717) is 5.92 Å². The maximum absolute atomic E-state index is 5.37. The van der Waals surface area contributed by atoms with Gasteiger partial charge in [0.25, 0.3) is 0 Å². The SMILES string of the molecule is CC(C)c1cccc(-c2cnc(CN3CCOCC3)cn2)c1. The molecule has 0 N–H and O–H groups in total. The number of nitrogens with zero attached hydrogens (tertiary/aromatic N) is 3. The van der Waals surface area contributed by atoms with E-state index < -0.39 is 0 Å². The standard InChI is InChI=1S/C18H23N3O/c1-14(2)15-4-3-5-16(10-15)18-12-19-17(11-20-18)13-21-6-8-22-9-7-21/h3-5,10-12,14H,6-9,13H2,1-2H3. The smallest absolute Gasteiger partial charge is 0.0885 e. The molecule has 2 heterocycles. The molecule has 4 heteroatoms. The summed E-state index contributed by atoms with van der Waals surface area (Å²) in [6.45, 7) is 8.83. The second-order valence-corrected chi connectivity index (χ2v) is 6.06. The van der Waals surface area contributed by atoms with E-state index in [1.807, 2.05) is 12.4 Å². The van der Waals surface area contributed by atoms with Crippen LogP contribution in [0.4, 0.5) is 0 Å². The molecular weight excluding hydrogens is 274 g/mol. The Morgan fingerprint density at radius 3 is 2.64 bits per heavy atom. The third kappa shape index (κ3) is 3.70. The molecule has 0 spiro atoms. The normalized spacial score (nSPS) is 16.1. The van der Waals surface area contributed by atoms with Crippen molar-refractivity contribution in [3.05, 3.63) is 47.9 Å². The first-order valence-corrected chi connectivity index (χ1v) is 7.94. The lowest BCUT2D eigenvalue weighted by Crippen LogP contribution is -2.35. The first-order valence-electron chi connectivity index (χ1n) is 7.94. The highest BCUT2D eigenvalue weighted by atomic mass is 16.5. The van der Waals surface area contributed by atoms with Crippen LogP contribution < -0.4 is 0 Å². The maximum atomic E-state index is 5.37. The van der Waals surface area contributed by atoms with Crippen molar-refractivity contribution in [2.75, 3.05) is 26.3 Å². The zero-order chi connectivity index (χ0) is 15.4. The second-order valence-electron chi connectivity index (χ2n) is 6.06. The van der Waals surface area contributed by atoms with Gasteiger partial charge < -0.3 is 4.74 Å². The van der Waals surface area contributed by atoms with Crippen molar-refractivity contribution in [1.29, 1.82) is 0 Å². The van der Waals surface area contributed by atoms with Gasteiger partial charge in [-0.25, -0.2) is 0 Å². The Bertz CT molecular complexity index is 604. The Morgan fingerprint density at radius 1 is 1.14 bits per heavy atom. The van der Waals surface area contributed by atoms with Gasteiger partial charge >= 0.3 is 0 Å². The van der Waals surface area contributed by atoms with Crippen molar-refractivity contribution in [1.82, 2.24) is 14.9 Å². The number of ether oxygens (including phenoxy) is 1. The highest BCUT2D eigenvalue weighted by Gasteiger charge is 2.12. The minimum Gasteiger partial charge on any atom is -0.379 e. The molecule has 0 radical (unpaired) electrons. The van der Waals surface area contributed by atoms with Crippen molar-refractivity contribution in [2.45, 2.75) is 26.3 Å². The topological polar surface area (TPSA) is 38.2 Å². The van der Waals surface area contributed by atoms with Crippen LogP contribution >= 0.6 is 0 Å². The summed E-state index contributed by atoms with van der Waals surface area (Å²) in [4.78, 5) is 11.5. The van der Waals surface area contributed by atoms with Crippen LogP contribution in [0.15, 0.2) is 36.7 Å². The summed E-state index contributed by atoms with van der Waals surface area (Å²) in [7, 11) is 0. The number of benzene rings is 1. The van der Waals surface area contributed by atoms with Crippen LogP contribution in [0.3, 0.4) is 0 Å². The molecule has 0 unspecified atom stereocenters. The van der Waals surface area contributed by atoms with Gasteiger partial charge in [0, 0.05) is 25.2 Å². The molecule has 1 aromatic heterocycles. The van der Waals surface area contributed by atoms with E-state index in [9.17, 15) is 0 Å². The zero-order valence-electron chi connectivity index (χ0n) is 13.3. The van der Waals surface area contributed by atoms with Gasteiger partial charge in [0.2, 0.25) is 0 Å². The van der Waals surface area contributed by atoms with Gasteiger partial charge in [0.15, 0.2) is 0 Å². The molecule has 1 aliphatic rings. The van der Waals surface area contributed by atoms with Crippen LogP contribution in [0.2, 0.25) is 0 Å². The third-order valence-corrected chi connectivity index (χ3v) is 4.04. The minimum absolute atomic E-state index is 0.522. The molecule has 0 atom stereocenters. The van der Waals surface area contributed by atoms with Gasteiger partial charge in [-0.3, -0.25) is 14.9 Å². The van der Waals surface area contributed by atoms with Gasteiger partial charge in [-0.15, -0.1) is 0 Å². The summed E-state index contributed by atoms with van der Waals surface area (Å²) in [5, 5.41) is 0. The summed E-state index contributed by atoms with van der Waals surface area (Å²) in [6.07, 6.45) is 3.78. The van der Waals surface area contributed by atoms with E-state index >= 15 is 0 Å². The molecule has 22 heavy (non-hydrogen) atoms. The van der Waals surface area contributed by atoms with Gasteiger partial charge in [-0.05, 0) is 17.5 Å². The van der Waals surface area contributed by atoms with Crippen LogP contribution in [0, 0.1) is 0 Å². The van der Waals surface area contributed by atoms with E-state index in [1.165, 1.54) is 5.56 Å². The minimum atomic E-state index is 0.522. The summed E-state index contributed by atoms with van der Waals surface area (Å²) in [5.74, 6) is 0.522. The van der Waals surface area contributed by atoms with Crippen molar-refractivity contribution < 1.29 is 4.74 Å². The number of rotatable bonds is 4. The molecule has 1 aliphatic heterocycles. The number of hydrogen-bond acceptors (Lipinski definition) is 4. The molecule has 1 saturated heterocycles. The van der Waals surface area contributed by atoms with Crippen molar-refractivity contribution in [2.24, 2.45) is 0 Å². The zero-order valence-corrected chi connectivity index (χ0v) is 13.3. The molecule has 0 bridgehead atoms. The van der Waals surface area contributed by atoms with Crippen LogP contribution in [-0.4, -0.2) is 41.2 Å². The van der Waals surface area contributed by atoms with Crippen molar-refractivity contribution in [3.8, 4) is 11.3 Å².